The highest BCUT2D eigenvalue weighted by Crippen LogP contribution is 2.40. The fraction of sp³-hybridized carbons (Fsp3) is 0.433. The van der Waals surface area contributed by atoms with E-state index in [1.54, 1.807) is 6.07 Å². The van der Waals surface area contributed by atoms with Gasteiger partial charge in [-0.25, -0.2) is 4.39 Å². The smallest absolute Gasteiger partial charge is 0.254 e. The fourth-order valence-corrected chi connectivity index (χ4v) is 5.43. The van der Waals surface area contributed by atoms with E-state index < -0.39 is 0 Å². The number of rotatable bonds is 5. The Morgan fingerprint density at radius 1 is 1.11 bits per heavy atom. The van der Waals surface area contributed by atoms with Gasteiger partial charge in [0.2, 0.25) is 0 Å². The topological polar surface area (TPSA) is 56.0 Å². The highest BCUT2D eigenvalue weighted by molar-refractivity contribution is 6.04. The molecule has 1 aromatic carbocycles. The quantitative estimate of drug-likeness (QED) is 0.320. The number of halogens is 1. The number of fused-ring (bicyclic) bond motifs is 2. The Kier molecular flexibility index (Phi) is 6.65. The van der Waals surface area contributed by atoms with Crippen LogP contribution >= 0.6 is 0 Å². The first kappa shape index (κ1) is 25.2. The van der Waals surface area contributed by atoms with Crippen molar-refractivity contribution < 1.29 is 9.18 Å². The molecule has 4 heterocycles. The summed E-state index contributed by atoms with van der Waals surface area (Å²) >= 11 is 0. The van der Waals surface area contributed by atoms with Crippen LogP contribution < -0.4 is 0 Å². The third kappa shape index (κ3) is 4.34. The van der Waals surface area contributed by atoms with Gasteiger partial charge in [0.05, 0.1) is 29.6 Å². The van der Waals surface area contributed by atoms with Crippen molar-refractivity contribution in [1.29, 1.82) is 0 Å². The van der Waals surface area contributed by atoms with Crippen LogP contribution in [0.5, 0.6) is 0 Å². The van der Waals surface area contributed by atoms with E-state index in [1.165, 1.54) is 12.8 Å². The van der Waals surface area contributed by atoms with Crippen molar-refractivity contribution in [2.75, 3.05) is 0 Å². The molecule has 4 aromatic rings. The summed E-state index contributed by atoms with van der Waals surface area (Å²) in [6, 6.07) is 7.78. The van der Waals surface area contributed by atoms with Crippen LogP contribution in [-0.4, -0.2) is 30.1 Å². The molecule has 2 aliphatic rings. The van der Waals surface area contributed by atoms with Crippen LogP contribution in [0.15, 0.2) is 30.5 Å². The van der Waals surface area contributed by atoms with E-state index in [1.807, 2.05) is 62.7 Å². The number of benzene rings is 1. The molecule has 3 aromatic heterocycles. The third-order valence-electron chi connectivity index (χ3n) is 7.60. The molecular weight excluding hydrogens is 465 g/mol. The van der Waals surface area contributed by atoms with E-state index in [0.29, 0.717) is 35.7 Å². The summed E-state index contributed by atoms with van der Waals surface area (Å²) in [6.07, 6.45) is 4.95. The normalized spacial score (nSPS) is 14.6. The number of carbonyl (C=O) groups excluding carboxylic acids is 1. The molecule has 194 valence electrons. The zero-order valence-corrected chi connectivity index (χ0v) is 22.7. The maximum atomic E-state index is 15.7. The summed E-state index contributed by atoms with van der Waals surface area (Å²) in [4.78, 5) is 20.3. The molecule has 37 heavy (non-hydrogen) atoms. The minimum absolute atomic E-state index is 0.0885. The maximum absolute atomic E-state index is 15.7. The van der Waals surface area contributed by atoms with Crippen molar-refractivity contribution in [2.24, 2.45) is 13.0 Å². The Hall–Kier alpha value is -3.48. The van der Waals surface area contributed by atoms with Crippen molar-refractivity contribution in [1.82, 2.24) is 24.2 Å². The lowest BCUT2D eigenvalue weighted by Crippen LogP contribution is -2.26. The number of hydrogen-bond acceptors (Lipinski definition) is 3. The maximum Gasteiger partial charge on any atom is 0.254 e. The first-order valence-corrected chi connectivity index (χ1v) is 13.4. The van der Waals surface area contributed by atoms with Gasteiger partial charge in [0.1, 0.15) is 0 Å². The summed E-state index contributed by atoms with van der Waals surface area (Å²) in [5.74, 6) is 0.273. The predicted octanol–water partition coefficient (Wildman–Crippen LogP) is 6.35. The Morgan fingerprint density at radius 2 is 1.86 bits per heavy atom. The highest BCUT2D eigenvalue weighted by Gasteiger charge is 2.30. The summed E-state index contributed by atoms with van der Waals surface area (Å²) in [6.45, 7) is 11.8. The number of hydrogen-bond donors (Lipinski definition) is 0. The van der Waals surface area contributed by atoms with Gasteiger partial charge in [0.15, 0.2) is 5.82 Å². The minimum atomic E-state index is -0.233. The van der Waals surface area contributed by atoms with Crippen molar-refractivity contribution in [3.8, 4) is 11.1 Å². The Labute approximate surface area is 218 Å². The second-order valence-corrected chi connectivity index (χ2v) is 10.1. The number of amides is 1. The first-order valence-electron chi connectivity index (χ1n) is 13.4. The lowest BCUT2D eigenvalue weighted by Gasteiger charge is -2.19. The number of carbonyl (C=O) groups is 1. The van der Waals surface area contributed by atoms with Gasteiger partial charge in [-0.05, 0) is 57.2 Å². The van der Waals surface area contributed by atoms with Crippen molar-refractivity contribution in [3.63, 3.8) is 0 Å². The van der Waals surface area contributed by atoms with Crippen LogP contribution in [0.2, 0.25) is 0 Å². The van der Waals surface area contributed by atoms with E-state index in [4.69, 9.17) is 4.98 Å². The van der Waals surface area contributed by atoms with Crippen molar-refractivity contribution >= 4 is 16.8 Å². The molecule has 0 N–H and O–H groups in total. The van der Waals surface area contributed by atoms with Gasteiger partial charge in [-0.15, -0.1) is 0 Å². The summed E-state index contributed by atoms with van der Waals surface area (Å²) in [5.41, 5.74) is 7.92. The molecule has 1 fully saturated rings. The van der Waals surface area contributed by atoms with Gasteiger partial charge in [-0.1, -0.05) is 26.8 Å². The van der Waals surface area contributed by atoms with Gasteiger partial charge >= 0.3 is 0 Å². The van der Waals surface area contributed by atoms with E-state index in [0.717, 1.165) is 52.3 Å². The Balaban J connectivity index is 0.00000137. The lowest BCUT2D eigenvalue weighted by molar-refractivity contribution is 0.0748. The standard InChI is InChI=1S/C28H30FN5O.C2H6/c1-5-24-21(9-6-16(2)31-24)22-10-19(28(35)33-14-20-12-30-32(4)25(20)15-33)11-23-26(29)17(3)34(27(22)23)13-18-7-8-18;1-2/h6,9-12,18H,5,7-8,13-15H2,1-4H3;1-2H3. The molecule has 0 saturated heterocycles. The summed E-state index contributed by atoms with van der Waals surface area (Å²) in [5, 5.41) is 4.82. The molecule has 1 amide bonds. The van der Waals surface area contributed by atoms with Gasteiger partial charge < -0.3 is 9.47 Å². The Morgan fingerprint density at radius 3 is 2.54 bits per heavy atom. The lowest BCUT2D eigenvalue weighted by atomic mass is 9.96. The van der Waals surface area contributed by atoms with Crippen molar-refractivity contribution in [2.45, 2.75) is 73.5 Å². The second kappa shape index (κ2) is 9.77. The van der Waals surface area contributed by atoms with Gasteiger partial charge in [0.25, 0.3) is 5.91 Å². The third-order valence-corrected chi connectivity index (χ3v) is 7.60. The molecule has 1 aliphatic carbocycles. The van der Waals surface area contributed by atoms with Crippen molar-refractivity contribution in [3.05, 3.63) is 70.2 Å². The SMILES string of the molecule is CC.CCc1nc(C)ccc1-c1cc(C(=O)N2Cc3cnn(C)c3C2)cc2c(F)c(C)n(CC3CC3)c12. The van der Waals surface area contributed by atoms with E-state index in [2.05, 4.69) is 22.7 Å². The average Bonchev–Trinajstić information content (AvgIpc) is 3.46. The number of aromatic nitrogens is 4. The van der Waals surface area contributed by atoms with Crippen LogP contribution in [-0.2, 0) is 33.1 Å². The minimum Gasteiger partial charge on any atom is -0.341 e. The molecular formula is C30H36FN5O. The van der Waals surface area contributed by atoms with Crippen LogP contribution in [0.1, 0.15) is 72.3 Å². The van der Waals surface area contributed by atoms with Gasteiger partial charge in [-0.3, -0.25) is 14.5 Å². The second-order valence-electron chi connectivity index (χ2n) is 10.1. The zero-order valence-electron chi connectivity index (χ0n) is 22.7. The zero-order chi connectivity index (χ0) is 26.4. The first-order chi connectivity index (χ1) is 17.9. The average molecular weight is 502 g/mol. The monoisotopic (exact) mass is 501 g/mol. The molecule has 0 bridgehead atoms. The molecule has 6 nitrogen and oxygen atoms in total. The van der Waals surface area contributed by atoms with E-state index >= 15 is 4.39 Å². The number of pyridine rings is 1. The molecule has 7 heteroatoms. The van der Waals surface area contributed by atoms with E-state index in [9.17, 15) is 4.79 Å². The molecule has 0 atom stereocenters. The van der Waals surface area contributed by atoms with E-state index in [-0.39, 0.29) is 11.7 Å². The van der Waals surface area contributed by atoms with Crippen LogP contribution in [0.3, 0.4) is 0 Å². The molecule has 0 spiro atoms. The van der Waals surface area contributed by atoms with Crippen LogP contribution in [0.4, 0.5) is 4.39 Å². The van der Waals surface area contributed by atoms with Gasteiger partial charge in [0, 0.05) is 59.2 Å². The molecule has 1 saturated carbocycles. The van der Waals surface area contributed by atoms with Gasteiger partial charge in [-0.2, -0.15) is 5.10 Å². The summed E-state index contributed by atoms with van der Waals surface area (Å²) in [7, 11) is 1.90. The summed E-state index contributed by atoms with van der Waals surface area (Å²) < 4.78 is 19.6. The van der Waals surface area contributed by atoms with Crippen LogP contribution in [0.25, 0.3) is 22.0 Å². The predicted molar refractivity (Wildman–Crippen MR) is 145 cm³/mol. The number of aryl methyl sites for hydroxylation is 3. The number of nitrogens with zero attached hydrogens (tertiary/aromatic N) is 5. The molecule has 0 unspecified atom stereocenters. The highest BCUT2D eigenvalue weighted by atomic mass is 19.1. The largest absolute Gasteiger partial charge is 0.341 e. The fourth-order valence-electron chi connectivity index (χ4n) is 5.43. The molecule has 6 rings (SSSR count). The Bertz CT molecular complexity index is 1490. The van der Waals surface area contributed by atoms with Crippen LogP contribution in [0, 0.1) is 25.6 Å². The molecule has 1 aliphatic heterocycles. The molecule has 0 radical (unpaired) electrons.